The van der Waals surface area contributed by atoms with Crippen molar-refractivity contribution in [2.24, 2.45) is 0 Å². The smallest absolute Gasteiger partial charge is 0.308 e. The summed E-state index contributed by atoms with van der Waals surface area (Å²) in [4.78, 5) is 10.8. The molecule has 1 atom stereocenters. The Morgan fingerprint density at radius 3 is 2.50 bits per heavy atom. The summed E-state index contributed by atoms with van der Waals surface area (Å²) >= 11 is 0. The van der Waals surface area contributed by atoms with Crippen molar-refractivity contribution in [3.05, 3.63) is 0 Å². The highest BCUT2D eigenvalue weighted by molar-refractivity contribution is 5.69. The number of esters is 1. The van der Waals surface area contributed by atoms with Gasteiger partial charge in [0.15, 0.2) is 0 Å². The summed E-state index contributed by atoms with van der Waals surface area (Å²) in [5.74, 6) is -0.328. The summed E-state index contributed by atoms with van der Waals surface area (Å²) in [7, 11) is 1.34. The van der Waals surface area contributed by atoms with Crippen molar-refractivity contribution in [1.82, 2.24) is 0 Å². The van der Waals surface area contributed by atoms with Crippen LogP contribution in [0.2, 0.25) is 0 Å². The molecule has 0 saturated heterocycles. The van der Waals surface area contributed by atoms with Crippen LogP contribution in [0.3, 0.4) is 0 Å². The number of aliphatic hydroxyl groups excluding tert-OH is 1. The molecular weight excluding hydrogens is 180 g/mol. The Kier molecular flexibility index (Phi) is 8.64. The fourth-order valence-electron chi connectivity index (χ4n) is 1.36. The van der Waals surface area contributed by atoms with E-state index in [9.17, 15) is 9.90 Å². The Balaban J connectivity index is 3.26. The van der Waals surface area contributed by atoms with Crippen LogP contribution in [0.15, 0.2) is 0 Å². The van der Waals surface area contributed by atoms with Crippen molar-refractivity contribution < 1.29 is 14.6 Å². The highest BCUT2D eigenvalue weighted by atomic mass is 16.5. The third-order valence-corrected chi connectivity index (χ3v) is 2.27. The summed E-state index contributed by atoms with van der Waals surface area (Å²) in [6, 6.07) is 0. The fraction of sp³-hybridized carbons (Fsp3) is 0.909. The second kappa shape index (κ2) is 9.00. The first-order chi connectivity index (χ1) is 6.70. The van der Waals surface area contributed by atoms with E-state index in [0.29, 0.717) is 6.42 Å². The second-order valence-electron chi connectivity index (χ2n) is 3.64. The fourth-order valence-corrected chi connectivity index (χ4v) is 1.36. The minimum absolute atomic E-state index is 0.129. The van der Waals surface area contributed by atoms with E-state index in [-0.39, 0.29) is 12.4 Å². The number of methoxy groups -OCH3 is 1. The highest BCUT2D eigenvalue weighted by Crippen LogP contribution is 2.09. The average Bonchev–Trinajstić information content (AvgIpc) is 2.17. The summed E-state index contributed by atoms with van der Waals surface area (Å²) in [5.41, 5.74) is 0. The lowest BCUT2D eigenvalue weighted by Gasteiger charge is -2.08. The Bertz CT molecular complexity index is 145. The zero-order chi connectivity index (χ0) is 10.8. The van der Waals surface area contributed by atoms with Gasteiger partial charge < -0.3 is 9.84 Å². The number of unbranched alkanes of at least 4 members (excludes halogenated alkanes) is 4. The molecule has 0 unspecified atom stereocenters. The molecule has 0 aliphatic rings. The maximum Gasteiger partial charge on any atom is 0.308 e. The van der Waals surface area contributed by atoms with E-state index in [1.165, 1.54) is 26.4 Å². The molecule has 0 spiro atoms. The maximum absolute atomic E-state index is 10.8. The van der Waals surface area contributed by atoms with Gasteiger partial charge in [0.1, 0.15) is 0 Å². The van der Waals surface area contributed by atoms with Crippen LogP contribution in [0.25, 0.3) is 0 Å². The molecule has 0 radical (unpaired) electrons. The second-order valence-corrected chi connectivity index (χ2v) is 3.64. The lowest BCUT2D eigenvalue weighted by atomic mass is 10.1. The van der Waals surface area contributed by atoms with Crippen molar-refractivity contribution in [1.29, 1.82) is 0 Å². The number of rotatable bonds is 8. The van der Waals surface area contributed by atoms with Gasteiger partial charge in [0.25, 0.3) is 0 Å². The van der Waals surface area contributed by atoms with Crippen LogP contribution in [0.1, 0.15) is 51.9 Å². The lowest BCUT2D eigenvalue weighted by molar-refractivity contribution is -0.142. The van der Waals surface area contributed by atoms with Gasteiger partial charge in [0, 0.05) is 0 Å². The minimum atomic E-state index is -0.524. The third kappa shape index (κ3) is 8.05. The van der Waals surface area contributed by atoms with Crippen LogP contribution in [-0.4, -0.2) is 24.3 Å². The van der Waals surface area contributed by atoms with Crippen LogP contribution in [0.4, 0.5) is 0 Å². The van der Waals surface area contributed by atoms with Crippen molar-refractivity contribution in [3.63, 3.8) is 0 Å². The monoisotopic (exact) mass is 202 g/mol. The Morgan fingerprint density at radius 1 is 1.29 bits per heavy atom. The van der Waals surface area contributed by atoms with Crippen LogP contribution in [-0.2, 0) is 9.53 Å². The molecule has 0 heterocycles. The molecule has 0 fully saturated rings. The molecule has 0 rings (SSSR count). The molecule has 0 aliphatic carbocycles. The van der Waals surface area contributed by atoms with Crippen molar-refractivity contribution in [2.45, 2.75) is 58.0 Å². The summed E-state index contributed by atoms with van der Waals surface area (Å²) in [5, 5.41) is 9.41. The van der Waals surface area contributed by atoms with E-state index in [1.807, 2.05) is 0 Å². The first-order valence-electron chi connectivity index (χ1n) is 5.45. The Morgan fingerprint density at radius 2 is 1.93 bits per heavy atom. The highest BCUT2D eigenvalue weighted by Gasteiger charge is 2.09. The first-order valence-corrected chi connectivity index (χ1v) is 5.45. The molecule has 84 valence electrons. The number of carbonyl (C=O) groups is 1. The summed E-state index contributed by atoms with van der Waals surface area (Å²) < 4.78 is 4.47. The van der Waals surface area contributed by atoms with Gasteiger partial charge in [-0.05, 0) is 6.42 Å². The zero-order valence-electron chi connectivity index (χ0n) is 9.29. The van der Waals surface area contributed by atoms with E-state index in [1.54, 1.807) is 0 Å². The largest absolute Gasteiger partial charge is 0.469 e. The molecule has 0 saturated carbocycles. The normalized spacial score (nSPS) is 12.5. The van der Waals surface area contributed by atoms with Gasteiger partial charge in [-0.3, -0.25) is 4.79 Å². The third-order valence-electron chi connectivity index (χ3n) is 2.27. The predicted octanol–water partition coefficient (Wildman–Crippen LogP) is 2.27. The predicted molar refractivity (Wildman–Crippen MR) is 56.0 cm³/mol. The molecule has 0 amide bonds. The maximum atomic E-state index is 10.8. The van der Waals surface area contributed by atoms with Gasteiger partial charge in [-0.1, -0.05) is 39.0 Å². The summed E-state index contributed by atoms with van der Waals surface area (Å²) in [6.07, 6.45) is 6.16. The molecule has 3 heteroatoms. The Hall–Kier alpha value is -0.570. The molecule has 0 aliphatic heterocycles. The van der Waals surface area contributed by atoms with E-state index < -0.39 is 6.10 Å². The quantitative estimate of drug-likeness (QED) is 0.485. The van der Waals surface area contributed by atoms with E-state index >= 15 is 0 Å². The van der Waals surface area contributed by atoms with Gasteiger partial charge >= 0.3 is 5.97 Å². The van der Waals surface area contributed by atoms with Gasteiger partial charge in [-0.25, -0.2) is 0 Å². The van der Waals surface area contributed by atoms with Crippen LogP contribution in [0, 0.1) is 0 Å². The van der Waals surface area contributed by atoms with Crippen LogP contribution >= 0.6 is 0 Å². The van der Waals surface area contributed by atoms with E-state index in [4.69, 9.17) is 0 Å². The molecule has 0 aromatic heterocycles. The molecule has 0 bridgehead atoms. The average molecular weight is 202 g/mol. The van der Waals surface area contributed by atoms with Crippen molar-refractivity contribution in [3.8, 4) is 0 Å². The zero-order valence-corrected chi connectivity index (χ0v) is 9.29. The number of hydrogen-bond donors (Lipinski definition) is 1. The minimum Gasteiger partial charge on any atom is -0.469 e. The van der Waals surface area contributed by atoms with Crippen LogP contribution < -0.4 is 0 Å². The van der Waals surface area contributed by atoms with E-state index in [2.05, 4.69) is 11.7 Å². The number of ether oxygens (including phenoxy) is 1. The van der Waals surface area contributed by atoms with Gasteiger partial charge in [-0.15, -0.1) is 0 Å². The molecule has 1 N–H and O–H groups in total. The SMILES string of the molecule is CCCCCCC[C@H](O)CC(=O)OC. The van der Waals surface area contributed by atoms with Gasteiger partial charge in [0.05, 0.1) is 19.6 Å². The molecule has 14 heavy (non-hydrogen) atoms. The lowest BCUT2D eigenvalue weighted by Crippen LogP contribution is -2.14. The summed E-state index contributed by atoms with van der Waals surface area (Å²) in [6.45, 7) is 2.17. The van der Waals surface area contributed by atoms with Gasteiger partial charge in [-0.2, -0.15) is 0 Å². The van der Waals surface area contributed by atoms with Crippen LogP contribution in [0.5, 0.6) is 0 Å². The first kappa shape index (κ1) is 13.4. The number of aliphatic hydroxyl groups is 1. The molecule has 0 aromatic carbocycles. The van der Waals surface area contributed by atoms with Crippen molar-refractivity contribution in [2.75, 3.05) is 7.11 Å². The van der Waals surface area contributed by atoms with Crippen molar-refractivity contribution >= 4 is 5.97 Å². The molecule has 3 nitrogen and oxygen atoms in total. The number of hydrogen-bond acceptors (Lipinski definition) is 3. The number of carbonyl (C=O) groups excluding carboxylic acids is 1. The molecule has 0 aromatic rings. The van der Waals surface area contributed by atoms with Gasteiger partial charge in [0.2, 0.25) is 0 Å². The Labute approximate surface area is 86.5 Å². The standard InChI is InChI=1S/C11H22O3/c1-3-4-5-6-7-8-10(12)9-11(13)14-2/h10,12H,3-9H2,1-2H3/t10-/m0/s1. The van der Waals surface area contributed by atoms with E-state index in [0.717, 1.165) is 12.8 Å². The topological polar surface area (TPSA) is 46.5 Å². The molecular formula is C11H22O3.